The van der Waals surface area contributed by atoms with Crippen molar-refractivity contribution in [1.29, 1.82) is 0 Å². The molecule has 3 heterocycles. The van der Waals surface area contributed by atoms with Gasteiger partial charge in [-0.2, -0.15) is 0 Å². The molecule has 68 heavy (non-hydrogen) atoms. The number of benzene rings is 6. The summed E-state index contributed by atoms with van der Waals surface area (Å²) in [5, 5.41) is 22.5. The zero-order valence-corrected chi connectivity index (χ0v) is 38.7. The van der Waals surface area contributed by atoms with E-state index in [4.69, 9.17) is 26.2 Å². The summed E-state index contributed by atoms with van der Waals surface area (Å²) in [4.78, 5) is 67.6. The lowest BCUT2D eigenvalue weighted by molar-refractivity contribution is -0.162. The van der Waals surface area contributed by atoms with Crippen LogP contribution in [0.1, 0.15) is 51.3 Å². The number of ether oxygens (including phenoxy) is 1. The number of nitrogens with one attached hydrogen (secondary N) is 2. The van der Waals surface area contributed by atoms with Crippen LogP contribution in [0.25, 0.3) is 0 Å². The summed E-state index contributed by atoms with van der Waals surface area (Å²) >= 11 is 8.60. The Labute approximate surface area is 406 Å². The first-order valence-electron chi connectivity index (χ1n) is 21.7. The molecule has 3 unspecified atom stereocenters. The zero-order valence-electron chi connectivity index (χ0n) is 36.3. The minimum absolute atomic E-state index is 0.0941. The Morgan fingerprint density at radius 3 is 1.74 bits per heavy atom. The second kappa shape index (κ2) is 20.3. The molecule has 2 fully saturated rings. The van der Waals surface area contributed by atoms with Gasteiger partial charge in [0.25, 0.3) is 5.91 Å². The van der Waals surface area contributed by atoms with Gasteiger partial charge in [0, 0.05) is 29.1 Å². The quantitative estimate of drug-likeness (QED) is 0.0201. The number of rotatable bonds is 17. The number of aliphatic carboxylic acids is 1. The van der Waals surface area contributed by atoms with Crippen molar-refractivity contribution in [3.8, 4) is 0 Å². The maximum atomic E-state index is 14.7. The number of halogens is 1. The lowest BCUT2D eigenvalue weighted by atomic mass is 9.77. The van der Waals surface area contributed by atoms with Crippen LogP contribution in [-0.2, 0) is 34.3 Å². The lowest BCUT2D eigenvalue weighted by Gasteiger charge is -2.53. The SMILES string of the molecule is O=C(NC1C(=O)N2CC(CCl)(C(=O)O)CS[C@H]12)C(=NOC(C(=O)OC(c1ccccc1)c1ccccc1)c1ccccc1)c1csc(NC(c2ccccc2)(c2ccccc2)c2ccccc2)n1. The van der Waals surface area contributed by atoms with Gasteiger partial charge in [-0.1, -0.05) is 187 Å². The van der Waals surface area contributed by atoms with Crippen molar-refractivity contribution < 1.29 is 33.9 Å². The highest BCUT2D eigenvalue weighted by Crippen LogP contribution is 2.44. The molecular weight excluding hydrogens is 918 g/mol. The number of esters is 1. The van der Waals surface area contributed by atoms with Gasteiger partial charge in [0.15, 0.2) is 16.9 Å². The number of aromatic nitrogens is 1. The highest BCUT2D eigenvalue weighted by atomic mass is 35.5. The fraction of sp³-hybridized carbons (Fsp3) is 0.170. The Bertz CT molecular complexity index is 2760. The third-order valence-electron chi connectivity index (χ3n) is 12.0. The van der Waals surface area contributed by atoms with Crippen molar-refractivity contribution >= 4 is 69.3 Å². The van der Waals surface area contributed by atoms with E-state index in [1.807, 2.05) is 152 Å². The van der Waals surface area contributed by atoms with Gasteiger partial charge in [0.1, 0.15) is 28.1 Å². The van der Waals surface area contributed by atoms with E-state index in [0.29, 0.717) is 10.7 Å². The molecule has 6 aromatic carbocycles. The van der Waals surface area contributed by atoms with Crippen LogP contribution >= 0.6 is 34.7 Å². The van der Waals surface area contributed by atoms with Crippen LogP contribution in [0.2, 0.25) is 0 Å². The van der Waals surface area contributed by atoms with Crippen LogP contribution < -0.4 is 10.6 Å². The summed E-state index contributed by atoms with van der Waals surface area (Å²) in [6, 6.07) is 56.2. The molecule has 0 radical (unpaired) electrons. The van der Waals surface area contributed by atoms with Crippen molar-refractivity contribution in [3.05, 3.63) is 226 Å². The van der Waals surface area contributed by atoms with E-state index in [-0.39, 0.29) is 29.6 Å². The Morgan fingerprint density at radius 2 is 1.25 bits per heavy atom. The largest absolute Gasteiger partial charge is 0.481 e. The van der Waals surface area contributed by atoms with Crippen LogP contribution in [-0.4, -0.2) is 74.0 Å². The van der Waals surface area contributed by atoms with Gasteiger partial charge in [-0.3, -0.25) is 14.4 Å². The second-order valence-electron chi connectivity index (χ2n) is 16.3. The van der Waals surface area contributed by atoms with Crippen molar-refractivity contribution in [2.45, 2.75) is 29.2 Å². The number of carboxylic acids is 1. The summed E-state index contributed by atoms with van der Waals surface area (Å²) in [5.74, 6) is -3.19. The number of β-lactam (4-membered cyclic amide) rings is 1. The monoisotopic (exact) mass is 961 g/mol. The summed E-state index contributed by atoms with van der Waals surface area (Å²) in [6.45, 7) is -0.0975. The van der Waals surface area contributed by atoms with E-state index < -0.39 is 58.3 Å². The molecule has 2 aliphatic rings. The van der Waals surface area contributed by atoms with Crippen molar-refractivity contribution in [1.82, 2.24) is 15.2 Å². The number of hydrogen-bond donors (Lipinski definition) is 3. The molecule has 0 spiro atoms. The Morgan fingerprint density at radius 1 is 0.765 bits per heavy atom. The van der Waals surface area contributed by atoms with Gasteiger partial charge < -0.3 is 30.2 Å². The molecule has 2 aliphatic heterocycles. The van der Waals surface area contributed by atoms with E-state index >= 15 is 0 Å². The predicted molar refractivity (Wildman–Crippen MR) is 263 cm³/mol. The van der Waals surface area contributed by atoms with Crippen molar-refractivity contribution in [2.75, 3.05) is 23.5 Å². The van der Waals surface area contributed by atoms with Gasteiger partial charge in [-0.15, -0.1) is 34.7 Å². The first-order valence-corrected chi connectivity index (χ1v) is 24.2. The van der Waals surface area contributed by atoms with E-state index in [2.05, 4.69) is 15.8 Å². The molecule has 3 N–H and O–H groups in total. The molecule has 2 amide bonds. The van der Waals surface area contributed by atoms with Gasteiger partial charge >= 0.3 is 11.9 Å². The molecular formula is C53H44ClN5O7S2. The number of amides is 2. The fourth-order valence-corrected chi connectivity index (χ4v) is 11.1. The maximum Gasteiger partial charge on any atom is 0.355 e. The Kier molecular flexibility index (Phi) is 13.7. The number of fused-ring (bicyclic) bond motifs is 1. The smallest absolute Gasteiger partial charge is 0.355 e. The number of oxime groups is 1. The lowest BCUT2D eigenvalue weighted by Crippen LogP contribution is -2.74. The molecule has 12 nitrogen and oxygen atoms in total. The summed E-state index contributed by atoms with van der Waals surface area (Å²) < 4.78 is 6.27. The third kappa shape index (κ3) is 9.22. The number of nitrogens with zero attached hydrogens (tertiary/aromatic N) is 3. The normalized spacial score (nSPS) is 18.4. The van der Waals surface area contributed by atoms with Crippen LogP contribution in [0.5, 0.6) is 0 Å². The summed E-state index contributed by atoms with van der Waals surface area (Å²) in [7, 11) is 0. The number of thioether (sulfide) groups is 1. The predicted octanol–water partition coefficient (Wildman–Crippen LogP) is 9.05. The molecule has 0 bridgehead atoms. The second-order valence-corrected chi connectivity index (χ2v) is 18.6. The molecule has 7 aromatic rings. The number of hydrogen-bond acceptors (Lipinski definition) is 11. The molecule has 4 atom stereocenters. The molecule has 0 aliphatic carbocycles. The molecule has 0 saturated carbocycles. The highest BCUT2D eigenvalue weighted by molar-refractivity contribution is 8.00. The van der Waals surface area contributed by atoms with Gasteiger partial charge in [-0.05, 0) is 27.8 Å². The van der Waals surface area contributed by atoms with E-state index in [1.165, 1.54) is 28.0 Å². The fourth-order valence-electron chi connectivity index (χ4n) is 8.43. The summed E-state index contributed by atoms with van der Waals surface area (Å²) in [5.41, 5.74) is 2.14. The van der Waals surface area contributed by atoms with Gasteiger partial charge in [-0.25, -0.2) is 9.78 Å². The van der Waals surface area contributed by atoms with Gasteiger partial charge in [0.05, 0.1) is 0 Å². The molecule has 2 saturated heterocycles. The zero-order chi connectivity index (χ0) is 47.1. The standard InChI is InChI=1S/C53H44ClN5O7S2/c54-32-52(50(63)64)33-59-47(61)43(48(59)68-34-52)56-46(60)42(58-66-45(37-23-11-3-12-24-37)49(62)65-44(35-19-7-1-8-20-35)36-21-9-2-10-22-36)41-31-67-51(55-41)57-53(38-25-13-4-14-26-38,39-27-15-5-16-28-39)40-29-17-6-18-30-40/h1-31,43-45,48H,32-34H2,(H,55,57)(H,56,60)(H,63,64)/t43?,45?,48-,52?/m1/s1. The number of thiazole rings is 1. The maximum absolute atomic E-state index is 14.7. The van der Waals surface area contributed by atoms with Crippen LogP contribution in [0.15, 0.2) is 193 Å². The number of anilines is 1. The molecule has 342 valence electrons. The van der Waals surface area contributed by atoms with Crippen molar-refractivity contribution in [3.63, 3.8) is 0 Å². The molecule has 15 heteroatoms. The number of carbonyl (C=O) groups is 4. The van der Waals surface area contributed by atoms with Crippen LogP contribution in [0.4, 0.5) is 5.13 Å². The average Bonchev–Trinajstić information content (AvgIpc) is 3.86. The first kappa shape index (κ1) is 45.9. The van der Waals surface area contributed by atoms with Crippen LogP contribution in [0, 0.1) is 5.41 Å². The van der Waals surface area contributed by atoms with E-state index in [0.717, 1.165) is 27.8 Å². The summed E-state index contributed by atoms with van der Waals surface area (Å²) in [6.07, 6.45) is -2.27. The van der Waals surface area contributed by atoms with E-state index in [9.17, 15) is 24.3 Å². The minimum Gasteiger partial charge on any atom is -0.481 e. The minimum atomic E-state index is -1.46. The third-order valence-corrected chi connectivity index (χ3v) is 14.9. The van der Waals surface area contributed by atoms with Crippen molar-refractivity contribution in [2.24, 2.45) is 10.6 Å². The number of carboxylic acid groups (broad SMARTS) is 1. The highest BCUT2D eigenvalue weighted by Gasteiger charge is 2.57. The molecule has 1 aromatic heterocycles. The first-order chi connectivity index (χ1) is 33.2. The Hall–Kier alpha value is -7.26. The molecule has 9 rings (SSSR count). The number of carbonyl (C=O) groups excluding carboxylic acids is 3. The number of alkyl halides is 1. The van der Waals surface area contributed by atoms with Gasteiger partial charge in [0.2, 0.25) is 12.0 Å². The average molecular weight is 963 g/mol. The Balaban J connectivity index is 1.09. The van der Waals surface area contributed by atoms with Crippen LogP contribution in [0.3, 0.4) is 0 Å². The van der Waals surface area contributed by atoms with E-state index in [1.54, 1.807) is 35.7 Å². The topological polar surface area (TPSA) is 160 Å².